The fourth-order valence-electron chi connectivity index (χ4n) is 5.37. The van der Waals surface area contributed by atoms with Gasteiger partial charge in [0.1, 0.15) is 5.54 Å². The van der Waals surface area contributed by atoms with Gasteiger partial charge >= 0.3 is 6.03 Å². The SMILES string of the molecule is CC1(c2cccc(-c3noc(C4CC45CCCc4ccccc45)n3)c2)NC(=O)NC1=O. The second kappa shape index (κ2) is 6.26. The molecule has 6 rings (SSSR count). The number of rotatable bonds is 3. The molecule has 1 spiro atoms. The maximum Gasteiger partial charge on any atom is 0.322 e. The van der Waals surface area contributed by atoms with Crippen LogP contribution in [0.15, 0.2) is 53.1 Å². The first-order chi connectivity index (χ1) is 15.0. The molecule has 2 N–H and O–H groups in total. The Morgan fingerprint density at radius 1 is 1.13 bits per heavy atom. The van der Waals surface area contributed by atoms with Crippen LogP contribution in [0.4, 0.5) is 4.79 Å². The first-order valence-electron chi connectivity index (χ1n) is 10.7. The van der Waals surface area contributed by atoms with Crippen LogP contribution in [0.25, 0.3) is 11.4 Å². The van der Waals surface area contributed by atoms with Crippen LogP contribution in [-0.4, -0.2) is 22.1 Å². The van der Waals surface area contributed by atoms with E-state index < -0.39 is 11.6 Å². The summed E-state index contributed by atoms with van der Waals surface area (Å²) < 4.78 is 5.70. The fourth-order valence-corrected chi connectivity index (χ4v) is 5.37. The summed E-state index contributed by atoms with van der Waals surface area (Å²) in [6.07, 6.45) is 4.50. The molecule has 31 heavy (non-hydrogen) atoms. The summed E-state index contributed by atoms with van der Waals surface area (Å²) in [7, 11) is 0. The van der Waals surface area contributed by atoms with Crippen LogP contribution >= 0.6 is 0 Å². The Labute approximate surface area is 179 Å². The highest BCUT2D eigenvalue weighted by Gasteiger charge is 2.59. The Bertz CT molecular complexity index is 1230. The van der Waals surface area contributed by atoms with E-state index in [-0.39, 0.29) is 17.2 Å². The Morgan fingerprint density at radius 3 is 2.84 bits per heavy atom. The average molecular weight is 414 g/mol. The smallest absolute Gasteiger partial charge is 0.322 e. The van der Waals surface area contributed by atoms with E-state index in [2.05, 4.69) is 40.1 Å². The van der Waals surface area contributed by atoms with Gasteiger partial charge in [0.2, 0.25) is 11.7 Å². The fraction of sp³-hybridized carbons (Fsp3) is 0.333. The number of amides is 3. The van der Waals surface area contributed by atoms with Gasteiger partial charge in [0, 0.05) is 16.9 Å². The number of carbonyl (C=O) groups excluding carboxylic acids is 2. The van der Waals surface area contributed by atoms with Crippen LogP contribution in [0.2, 0.25) is 0 Å². The third-order valence-electron chi connectivity index (χ3n) is 7.18. The van der Waals surface area contributed by atoms with Gasteiger partial charge in [-0.05, 0) is 55.4 Å². The summed E-state index contributed by atoms with van der Waals surface area (Å²) in [5.74, 6) is 1.04. The number of imide groups is 1. The number of nitrogens with zero attached hydrogens (tertiary/aromatic N) is 2. The number of carbonyl (C=O) groups is 2. The van der Waals surface area contributed by atoms with Crippen molar-refractivity contribution in [2.75, 3.05) is 0 Å². The highest BCUT2D eigenvalue weighted by atomic mass is 16.5. The number of aryl methyl sites for hydroxylation is 1. The van der Waals surface area contributed by atoms with Gasteiger partial charge in [0.15, 0.2) is 0 Å². The molecule has 3 aliphatic rings. The molecular weight excluding hydrogens is 392 g/mol. The maximum atomic E-state index is 12.3. The van der Waals surface area contributed by atoms with Crippen molar-refractivity contribution in [3.05, 3.63) is 71.1 Å². The maximum absolute atomic E-state index is 12.3. The van der Waals surface area contributed by atoms with Crippen molar-refractivity contribution < 1.29 is 14.1 Å². The van der Waals surface area contributed by atoms with Crippen molar-refractivity contribution in [3.63, 3.8) is 0 Å². The van der Waals surface area contributed by atoms with Gasteiger partial charge in [0.05, 0.1) is 0 Å². The minimum Gasteiger partial charge on any atom is -0.339 e. The minimum atomic E-state index is -1.12. The molecule has 1 saturated heterocycles. The van der Waals surface area contributed by atoms with Crippen LogP contribution in [0.3, 0.4) is 0 Å². The Hall–Kier alpha value is -3.48. The van der Waals surface area contributed by atoms with E-state index >= 15 is 0 Å². The first-order valence-corrected chi connectivity index (χ1v) is 10.7. The van der Waals surface area contributed by atoms with Gasteiger partial charge in [0.25, 0.3) is 5.91 Å². The van der Waals surface area contributed by atoms with Gasteiger partial charge in [-0.25, -0.2) is 4.79 Å². The summed E-state index contributed by atoms with van der Waals surface area (Å²) >= 11 is 0. The first kappa shape index (κ1) is 18.3. The van der Waals surface area contributed by atoms with Gasteiger partial charge < -0.3 is 9.84 Å². The molecule has 156 valence electrons. The summed E-state index contributed by atoms with van der Waals surface area (Å²) in [5.41, 5.74) is 3.30. The molecule has 3 unspecified atom stereocenters. The third-order valence-corrected chi connectivity index (χ3v) is 7.18. The van der Waals surface area contributed by atoms with E-state index in [1.807, 2.05) is 24.3 Å². The molecule has 1 aliphatic heterocycles. The largest absolute Gasteiger partial charge is 0.339 e. The van der Waals surface area contributed by atoms with Crippen LogP contribution < -0.4 is 10.6 Å². The number of aromatic nitrogens is 2. The lowest BCUT2D eigenvalue weighted by Gasteiger charge is -2.25. The number of benzene rings is 2. The lowest BCUT2D eigenvalue weighted by atomic mass is 9.78. The summed E-state index contributed by atoms with van der Waals surface area (Å²) in [6.45, 7) is 1.68. The van der Waals surface area contributed by atoms with E-state index in [1.54, 1.807) is 6.92 Å². The zero-order valence-electron chi connectivity index (χ0n) is 17.1. The normalized spacial score (nSPS) is 28.9. The Morgan fingerprint density at radius 2 is 2.00 bits per heavy atom. The van der Waals surface area contributed by atoms with E-state index in [1.165, 1.54) is 17.5 Å². The molecule has 1 aromatic heterocycles. The van der Waals surface area contributed by atoms with Crippen LogP contribution in [0.5, 0.6) is 0 Å². The molecule has 1 saturated carbocycles. The Kier molecular flexibility index (Phi) is 3.70. The highest BCUT2D eigenvalue weighted by molar-refractivity contribution is 6.07. The molecule has 3 atom stereocenters. The third kappa shape index (κ3) is 2.65. The van der Waals surface area contributed by atoms with Crippen molar-refractivity contribution >= 4 is 11.9 Å². The molecule has 2 fully saturated rings. The number of hydrogen-bond donors (Lipinski definition) is 2. The molecule has 3 aromatic rings. The van der Waals surface area contributed by atoms with Crippen LogP contribution in [-0.2, 0) is 22.2 Å². The predicted molar refractivity (Wildman–Crippen MR) is 112 cm³/mol. The number of fused-ring (bicyclic) bond motifs is 2. The topological polar surface area (TPSA) is 97.1 Å². The summed E-state index contributed by atoms with van der Waals surface area (Å²) in [4.78, 5) is 28.6. The van der Waals surface area contributed by atoms with Crippen LogP contribution in [0, 0.1) is 0 Å². The highest BCUT2D eigenvalue weighted by Crippen LogP contribution is 2.65. The molecule has 2 heterocycles. The van der Waals surface area contributed by atoms with E-state index in [9.17, 15) is 9.59 Å². The lowest BCUT2D eigenvalue weighted by Crippen LogP contribution is -2.40. The van der Waals surface area contributed by atoms with Gasteiger partial charge in [-0.15, -0.1) is 0 Å². The molecule has 7 nitrogen and oxygen atoms in total. The molecule has 0 radical (unpaired) electrons. The standard InChI is InChI=1S/C24H22N4O3/c1-23(21(29)26-22(30)27-23)16-9-4-7-15(12-16)19-25-20(31-28-19)18-13-24(18)11-5-8-14-6-2-3-10-17(14)24/h2-4,6-7,9-10,12,18H,5,8,11,13H2,1H3,(H2,26,27,29,30). The molecule has 7 heteroatoms. The van der Waals surface area contributed by atoms with E-state index in [4.69, 9.17) is 9.51 Å². The summed E-state index contributed by atoms with van der Waals surface area (Å²) in [5, 5.41) is 9.22. The van der Waals surface area contributed by atoms with Crippen molar-refractivity contribution in [1.82, 2.24) is 20.8 Å². The Balaban J connectivity index is 1.30. The molecule has 2 aliphatic carbocycles. The predicted octanol–water partition coefficient (Wildman–Crippen LogP) is 3.55. The van der Waals surface area contributed by atoms with Crippen molar-refractivity contribution in [3.8, 4) is 11.4 Å². The van der Waals surface area contributed by atoms with Crippen molar-refractivity contribution in [2.45, 2.75) is 49.5 Å². The average Bonchev–Trinajstić information content (AvgIpc) is 3.14. The van der Waals surface area contributed by atoms with E-state index in [0.717, 1.165) is 24.8 Å². The van der Waals surface area contributed by atoms with Gasteiger partial charge in [-0.2, -0.15) is 4.98 Å². The second-order valence-corrected chi connectivity index (χ2v) is 8.99. The zero-order chi connectivity index (χ0) is 21.2. The minimum absolute atomic E-state index is 0.125. The van der Waals surface area contributed by atoms with E-state index in [0.29, 0.717) is 17.3 Å². The monoisotopic (exact) mass is 414 g/mol. The second-order valence-electron chi connectivity index (χ2n) is 8.99. The molecule has 2 aromatic carbocycles. The number of nitrogens with one attached hydrogen (secondary N) is 2. The van der Waals surface area contributed by atoms with Crippen molar-refractivity contribution in [1.29, 1.82) is 0 Å². The van der Waals surface area contributed by atoms with Gasteiger partial charge in [-0.3, -0.25) is 10.1 Å². The molecule has 3 amide bonds. The quantitative estimate of drug-likeness (QED) is 0.639. The van der Waals surface area contributed by atoms with Gasteiger partial charge in [-0.1, -0.05) is 47.6 Å². The number of hydrogen-bond acceptors (Lipinski definition) is 5. The number of urea groups is 1. The lowest BCUT2D eigenvalue weighted by molar-refractivity contribution is -0.123. The van der Waals surface area contributed by atoms with Crippen molar-refractivity contribution in [2.24, 2.45) is 0 Å². The van der Waals surface area contributed by atoms with Crippen LogP contribution in [0.1, 0.15) is 54.7 Å². The summed E-state index contributed by atoms with van der Waals surface area (Å²) in [6, 6.07) is 15.6. The molecular formula is C24H22N4O3. The zero-order valence-corrected chi connectivity index (χ0v) is 17.1. The molecule has 0 bridgehead atoms.